The van der Waals surface area contributed by atoms with Gasteiger partial charge in [0.2, 0.25) is 0 Å². The zero-order valence-corrected chi connectivity index (χ0v) is 41.6. The molecule has 0 aliphatic carbocycles. The van der Waals surface area contributed by atoms with Crippen LogP contribution in [0.5, 0.6) is 0 Å². The Morgan fingerprint density at radius 1 is 0.894 bits per heavy atom. The number of fused-ring (bicyclic) bond motifs is 1. The number of halogens is 2. The summed E-state index contributed by atoms with van der Waals surface area (Å²) in [7, 11) is 4.97. The molecule has 1 aromatic carbocycles. The molecule has 0 bridgehead atoms. The van der Waals surface area contributed by atoms with E-state index in [1.54, 1.807) is 48.5 Å². The van der Waals surface area contributed by atoms with Crippen LogP contribution in [0.4, 0.5) is 13.6 Å². The Bertz CT molecular complexity index is 1830. The fraction of sp³-hybridized carbons (Fsp3) is 0.816. The number of Topliss-reactive ketones (excluding diaryl/α,β-unsaturated/α-hetero) is 1. The van der Waals surface area contributed by atoms with E-state index in [0.717, 1.165) is 25.1 Å². The summed E-state index contributed by atoms with van der Waals surface area (Å²) in [6, 6.07) is 2.25. The molecule has 4 aliphatic rings. The number of hydrogen-bond donors (Lipinski definition) is 2. The van der Waals surface area contributed by atoms with E-state index in [1.165, 1.54) is 25.2 Å². The molecular formula is C49H78F2N2O13. The van der Waals surface area contributed by atoms with E-state index >= 15 is 4.79 Å². The smallest absolute Gasteiger partial charge is 0.410 e. The average molecular weight is 941 g/mol. The first kappa shape index (κ1) is 54.1. The van der Waals surface area contributed by atoms with E-state index in [9.17, 15) is 28.6 Å². The molecule has 0 aromatic heterocycles. The van der Waals surface area contributed by atoms with Gasteiger partial charge in [0.05, 0.1) is 47.6 Å². The predicted octanol–water partition coefficient (Wildman–Crippen LogP) is 6.21. The molecule has 4 heterocycles. The van der Waals surface area contributed by atoms with Gasteiger partial charge in [-0.05, 0) is 105 Å². The highest BCUT2D eigenvalue weighted by Crippen LogP contribution is 2.45. The molecule has 17 heteroatoms. The Balaban J connectivity index is 1.63. The number of ether oxygens (including phenoxy) is 8. The number of nitrogens with zero attached hydrogens (tertiary/aromatic N) is 2. The molecule has 2 N–H and O–H groups in total. The first-order valence-corrected chi connectivity index (χ1v) is 23.9. The molecule has 0 unspecified atom stereocenters. The first-order valence-electron chi connectivity index (χ1n) is 23.9. The Morgan fingerprint density at radius 2 is 1.56 bits per heavy atom. The number of hydrogen-bond acceptors (Lipinski definition) is 14. The summed E-state index contributed by atoms with van der Waals surface area (Å²) in [5, 5.41) is 23.1. The number of aliphatic hydroxyl groups excluding tert-OH is 2. The molecule has 66 heavy (non-hydrogen) atoms. The van der Waals surface area contributed by atoms with Crippen LogP contribution in [0.1, 0.15) is 114 Å². The van der Waals surface area contributed by atoms with E-state index in [4.69, 9.17) is 37.9 Å². The topological polar surface area (TPSA) is 172 Å². The van der Waals surface area contributed by atoms with Crippen LogP contribution in [-0.2, 0) is 53.9 Å². The lowest BCUT2D eigenvalue weighted by molar-refractivity contribution is -0.319. The molecule has 4 aliphatic heterocycles. The van der Waals surface area contributed by atoms with Crippen molar-refractivity contribution in [2.45, 2.75) is 199 Å². The van der Waals surface area contributed by atoms with E-state index in [-0.39, 0.29) is 50.2 Å². The summed E-state index contributed by atoms with van der Waals surface area (Å²) in [4.78, 5) is 47.4. The Hall–Kier alpha value is -2.87. The van der Waals surface area contributed by atoms with E-state index in [2.05, 4.69) is 11.8 Å². The van der Waals surface area contributed by atoms with Gasteiger partial charge in [-0.3, -0.25) is 14.5 Å². The number of methoxy groups -OCH3 is 2. The van der Waals surface area contributed by atoms with Crippen LogP contribution in [0.2, 0.25) is 0 Å². The largest absolute Gasteiger partial charge is 0.458 e. The maximum absolute atomic E-state index is 15.0. The number of cyclic esters (lactones) is 1. The van der Waals surface area contributed by atoms with E-state index in [1.807, 2.05) is 27.8 Å². The Morgan fingerprint density at radius 3 is 2.17 bits per heavy atom. The van der Waals surface area contributed by atoms with Crippen molar-refractivity contribution in [3.05, 3.63) is 35.4 Å². The number of benzene rings is 1. The Kier molecular flexibility index (Phi) is 17.9. The van der Waals surface area contributed by atoms with Gasteiger partial charge in [-0.2, -0.15) is 0 Å². The lowest BCUT2D eigenvalue weighted by Gasteiger charge is -2.50. The molecule has 15 nitrogen and oxygen atoms in total. The number of ketones is 1. The third kappa shape index (κ3) is 11.1. The van der Waals surface area contributed by atoms with Crippen LogP contribution < -0.4 is 0 Å². The standard InChI is InChI=1S/C49H78F2N2O13/c1-15-20-52(12)35-22-27(4)61-45(39(35)55)65-43-29(6)40(64-37-25-47(9,59-13)42(56)31(8)62-37)30(7)44(57)63-36(16-2)49(11)41(28(5)38(54)26(3)24-48(43,10)60-14)53(46(58)66-49)21-19-32-17-18-33(50)34(51)23-32/h17-18,23,26-31,35-37,39-43,45,55-56H,15-16,19-22,24-25H2,1-14H3/t26-,27-,28-,29+,30-,31+,35+,36-,37+,39-,40+,41-,42+,43-,45+,47-,48-,49-/m1/s1. The highest BCUT2D eigenvalue weighted by Gasteiger charge is 2.61. The van der Waals surface area contributed by atoms with Crippen LogP contribution in [0.25, 0.3) is 0 Å². The van der Waals surface area contributed by atoms with Gasteiger partial charge in [-0.15, -0.1) is 0 Å². The van der Waals surface area contributed by atoms with Crippen LogP contribution in [0.15, 0.2) is 18.2 Å². The number of aliphatic hydroxyl groups is 2. The van der Waals surface area contributed by atoms with Crippen molar-refractivity contribution >= 4 is 17.8 Å². The molecule has 5 rings (SSSR count). The summed E-state index contributed by atoms with van der Waals surface area (Å²) in [6.07, 6.45) is -7.22. The number of amides is 1. The number of carbonyl (C=O) groups is 3. The second-order valence-electron chi connectivity index (χ2n) is 20.2. The van der Waals surface area contributed by atoms with Crippen molar-refractivity contribution in [3.63, 3.8) is 0 Å². The zero-order chi connectivity index (χ0) is 49.2. The third-order valence-corrected chi connectivity index (χ3v) is 15.2. The summed E-state index contributed by atoms with van der Waals surface area (Å²) < 4.78 is 79.6. The highest BCUT2D eigenvalue weighted by molar-refractivity contribution is 5.85. The first-order chi connectivity index (χ1) is 30.9. The van der Waals surface area contributed by atoms with Crippen molar-refractivity contribution in [1.82, 2.24) is 9.80 Å². The fourth-order valence-corrected chi connectivity index (χ4v) is 11.2. The van der Waals surface area contributed by atoms with Gasteiger partial charge in [0, 0.05) is 51.0 Å². The van der Waals surface area contributed by atoms with Gasteiger partial charge in [0.15, 0.2) is 29.8 Å². The molecule has 1 amide bonds. The second kappa shape index (κ2) is 21.8. The molecule has 376 valence electrons. The quantitative estimate of drug-likeness (QED) is 0.214. The SMILES string of the molecule is CCCN(C)[C@H]1C[C@@H](C)O[C@@H](O[C@@H]2[C@@H](C)[C@H](O[C@H]3C[C@@](C)(OC)[C@@H](O)[C@H](C)O3)[C@@H](C)C(=O)O[C@H](CC)[C@@]3(C)OC(=O)N(CCc4ccc(F)c(F)c4)[C@@H]3[C@H](C)C(=O)[C@H](C)C[C@@]2(C)OC)[C@@H]1O. The van der Waals surface area contributed by atoms with Gasteiger partial charge in [0.25, 0.3) is 0 Å². The fourth-order valence-electron chi connectivity index (χ4n) is 11.2. The summed E-state index contributed by atoms with van der Waals surface area (Å²) in [5.41, 5.74) is -3.51. The minimum Gasteiger partial charge on any atom is -0.458 e. The van der Waals surface area contributed by atoms with Crippen molar-refractivity contribution in [2.24, 2.45) is 23.7 Å². The molecule has 4 fully saturated rings. The zero-order valence-electron chi connectivity index (χ0n) is 41.6. The molecule has 18 atom stereocenters. The predicted molar refractivity (Wildman–Crippen MR) is 239 cm³/mol. The summed E-state index contributed by atoms with van der Waals surface area (Å²) in [5.74, 6) is -6.39. The second-order valence-corrected chi connectivity index (χ2v) is 20.2. The maximum Gasteiger partial charge on any atom is 0.410 e. The molecule has 0 radical (unpaired) electrons. The minimum atomic E-state index is -1.54. The normalized spacial score (nSPS) is 41.9. The van der Waals surface area contributed by atoms with Crippen molar-refractivity contribution in [2.75, 3.05) is 34.4 Å². The van der Waals surface area contributed by atoms with Crippen LogP contribution in [0.3, 0.4) is 0 Å². The lowest BCUT2D eigenvalue weighted by Crippen LogP contribution is -2.62. The number of likely N-dealkylation sites (N-methyl/N-ethyl adjacent to an activating group) is 1. The number of rotatable bonds is 13. The van der Waals surface area contributed by atoms with E-state index in [0.29, 0.717) is 12.0 Å². The Labute approximate surface area is 390 Å². The van der Waals surface area contributed by atoms with Crippen LogP contribution >= 0.6 is 0 Å². The van der Waals surface area contributed by atoms with Gasteiger partial charge >= 0.3 is 12.1 Å². The van der Waals surface area contributed by atoms with Crippen LogP contribution in [0, 0.1) is 35.3 Å². The molecule has 1 aromatic rings. The summed E-state index contributed by atoms with van der Waals surface area (Å²) >= 11 is 0. The monoisotopic (exact) mass is 941 g/mol. The van der Waals surface area contributed by atoms with E-state index < -0.39 is 119 Å². The molecule has 4 saturated heterocycles. The lowest BCUT2D eigenvalue weighted by atomic mass is 9.73. The number of esters is 1. The molecule has 0 spiro atoms. The van der Waals surface area contributed by atoms with Gasteiger partial charge in [-0.25, -0.2) is 13.6 Å². The van der Waals surface area contributed by atoms with Crippen molar-refractivity contribution in [3.8, 4) is 0 Å². The maximum atomic E-state index is 15.0. The van der Waals surface area contributed by atoms with Crippen molar-refractivity contribution in [1.29, 1.82) is 0 Å². The highest BCUT2D eigenvalue weighted by atomic mass is 19.2. The van der Waals surface area contributed by atoms with Gasteiger partial charge in [-0.1, -0.05) is 40.7 Å². The van der Waals surface area contributed by atoms with Crippen LogP contribution in [-0.4, -0.2) is 156 Å². The van der Waals surface area contributed by atoms with Gasteiger partial charge < -0.3 is 53.0 Å². The molecular weight excluding hydrogens is 863 g/mol. The summed E-state index contributed by atoms with van der Waals surface area (Å²) in [6.45, 7) is 20.5. The van der Waals surface area contributed by atoms with Crippen molar-refractivity contribution < 1.29 is 71.3 Å². The average Bonchev–Trinajstić information content (AvgIpc) is 3.54. The van der Waals surface area contributed by atoms with Gasteiger partial charge in [0.1, 0.15) is 24.1 Å². The third-order valence-electron chi connectivity index (χ3n) is 15.2. The number of carbonyl (C=O) groups excluding carboxylic acids is 3. The molecule has 0 saturated carbocycles. The minimum absolute atomic E-state index is 0.0123.